The van der Waals surface area contributed by atoms with Crippen LogP contribution in [-0.2, 0) is 0 Å². The van der Waals surface area contributed by atoms with Crippen LogP contribution in [0.4, 0.5) is 5.69 Å². The van der Waals surface area contributed by atoms with Crippen molar-refractivity contribution in [2.75, 3.05) is 5.75 Å². The topological polar surface area (TPSA) is 55.2 Å². The summed E-state index contributed by atoms with van der Waals surface area (Å²) in [6.45, 7) is 4.34. The average molecular weight is 308 g/mol. The second-order valence-corrected chi connectivity index (χ2v) is 7.14. The fourth-order valence-corrected chi connectivity index (χ4v) is 4.21. The van der Waals surface area contributed by atoms with Crippen LogP contribution in [0.3, 0.4) is 0 Å². The number of nitro benzene ring substituents is 1. The minimum absolute atomic E-state index is 0.179. The Hall–Kier alpha value is -1.07. The van der Waals surface area contributed by atoms with E-state index in [4.69, 9.17) is 0 Å². The number of thioether (sulfide) groups is 1. The Bertz CT molecular complexity index is 481. The first-order valence-corrected chi connectivity index (χ1v) is 8.80. The molecule has 3 unspecified atom stereocenters. The Morgan fingerprint density at radius 2 is 2.24 bits per heavy atom. The maximum Gasteiger partial charge on any atom is 0.269 e. The van der Waals surface area contributed by atoms with Gasteiger partial charge in [-0.2, -0.15) is 11.8 Å². The van der Waals surface area contributed by atoms with E-state index in [0.717, 1.165) is 17.2 Å². The first kappa shape index (κ1) is 16.3. The monoisotopic (exact) mass is 308 g/mol. The third-order valence-corrected chi connectivity index (χ3v) is 5.35. The maximum atomic E-state index is 10.9. The van der Waals surface area contributed by atoms with Crippen LogP contribution in [0.1, 0.15) is 51.1 Å². The minimum Gasteiger partial charge on any atom is -0.307 e. The van der Waals surface area contributed by atoms with Crippen molar-refractivity contribution in [2.24, 2.45) is 0 Å². The molecule has 0 spiro atoms. The molecule has 1 saturated carbocycles. The lowest BCUT2D eigenvalue weighted by molar-refractivity contribution is -0.384. The van der Waals surface area contributed by atoms with Gasteiger partial charge in [-0.05, 0) is 37.0 Å². The van der Waals surface area contributed by atoms with E-state index in [2.05, 4.69) is 30.9 Å². The summed E-state index contributed by atoms with van der Waals surface area (Å²) < 4.78 is 0. The molecular formula is C16H24N2O2S. The van der Waals surface area contributed by atoms with Gasteiger partial charge in [0, 0.05) is 29.5 Å². The molecule has 1 aromatic carbocycles. The van der Waals surface area contributed by atoms with E-state index in [-0.39, 0.29) is 16.7 Å². The van der Waals surface area contributed by atoms with Gasteiger partial charge in [0.25, 0.3) is 5.69 Å². The summed E-state index contributed by atoms with van der Waals surface area (Å²) in [6.07, 6.45) is 4.65. The lowest BCUT2D eigenvalue weighted by atomic mass is 10.0. The largest absolute Gasteiger partial charge is 0.307 e. The highest BCUT2D eigenvalue weighted by atomic mass is 32.2. The Balaban J connectivity index is 2.00. The van der Waals surface area contributed by atoms with Crippen molar-refractivity contribution in [2.45, 2.75) is 56.9 Å². The maximum absolute atomic E-state index is 10.9. The summed E-state index contributed by atoms with van der Waals surface area (Å²) in [5.74, 6) is 1.18. The van der Waals surface area contributed by atoms with Gasteiger partial charge < -0.3 is 5.32 Å². The van der Waals surface area contributed by atoms with Crippen LogP contribution in [-0.4, -0.2) is 22.0 Å². The summed E-state index contributed by atoms with van der Waals surface area (Å²) in [6, 6.07) is 7.77. The number of hydrogen-bond acceptors (Lipinski definition) is 4. The van der Waals surface area contributed by atoms with E-state index in [1.807, 2.05) is 6.07 Å². The van der Waals surface area contributed by atoms with E-state index < -0.39 is 0 Å². The standard InChI is InChI=1S/C16H24N2O2S/c1-3-16(12-6-5-7-14(10-12)18(19)20)17-13-8-9-15(11-13)21-4-2/h5-7,10,13,15-17H,3-4,8-9,11H2,1-2H3. The van der Waals surface area contributed by atoms with Crippen molar-refractivity contribution >= 4 is 17.4 Å². The van der Waals surface area contributed by atoms with Crippen molar-refractivity contribution in [1.82, 2.24) is 5.32 Å². The molecule has 5 heteroatoms. The normalized spacial score (nSPS) is 23.1. The van der Waals surface area contributed by atoms with Crippen molar-refractivity contribution < 1.29 is 4.92 Å². The van der Waals surface area contributed by atoms with Gasteiger partial charge in [-0.1, -0.05) is 26.0 Å². The number of nitrogens with zero attached hydrogens (tertiary/aromatic N) is 1. The molecule has 116 valence electrons. The highest BCUT2D eigenvalue weighted by Gasteiger charge is 2.26. The minimum atomic E-state index is -0.320. The molecule has 21 heavy (non-hydrogen) atoms. The van der Waals surface area contributed by atoms with Crippen LogP contribution in [0, 0.1) is 10.1 Å². The molecule has 1 aliphatic carbocycles. The lowest BCUT2D eigenvalue weighted by Gasteiger charge is -2.22. The lowest BCUT2D eigenvalue weighted by Crippen LogP contribution is -2.30. The quantitative estimate of drug-likeness (QED) is 0.602. The zero-order valence-electron chi connectivity index (χ0n) is 12.7. The van der Waals surface area contributed by atoms with Crippen LogP contribution in [0.5, 0.6) is 0 Å². The Labute approximate surface area is 130 Å². The first-order chi connectivity index (χ1) is 10.1. The van der Waals surface area contributed by atoms with Gasteiger partial charge >= 0.3 is 0 Å². The molecule has 0 heterocycles. The van der Waals surface area contributed by atoms with Crippen LogP contribution in [0.25, 0.3) is 0 Å². The zero-order chi connectivity index (χ0) is 15.2. The summed E-state index contributed by atoms with van der Waals surface area (Å²) in [5.41, 5.74) is 1.21. The number of nitro groups is 1. The van der Waals surface area contributed by atoms with Crippen molar-refractivity contribution in [3.8, 4) is 0 Å². The van der Waals surface area contributed by atoms with Crippen LogP contribution >= 0.6 is 11.8 Å². The van der Waals surface area contributed by atoms with Gasteiger partial charge in [-0.15, -0.1) is 0 Å². The van der Waals surface area contributed by atoms with Crippen LogP contribution in [0.2, 0.25) is 0 Å². The van der Waals surface area contributed by atoms with E-state index in [1.165, 1.54) is 25.0 Å². The molecule has 0 radical (unpaired) electrons. The Morgan fingerprint density at radius 3 is 2.90 bits per heavy atom. The second kappa shape index (κ2) is 7.80. The number of nitrogens with one attached hydrogen (secondary N) is 1. The molecule has 2 rings (SSSR count). The highest BCUT2D eigenvalue weighted by Crippen LogP contribution is 2.32. The number of benzene rings is 1. The second-order valence-electron chi connectivity index (χ2n) is 5.57. The van der Waals surface area contributed by atoms with Crippen LogP contribution in [0.15, 0.2) is 24.3 Å². The van der Waals surface area contributed by atoms with Gasteiger partial charge in [0.2, 0.25) is 0 Å². The summed E-state index contributed by atoms with van der Waals surface area (Å²) in [4.78, 5) is 10.6. The molecule has 0 bridgehead atoms. The molecule has 0 amide bonds. The average Bonchev–Trinajstić information content (AvgIpc) is 2.92. The van der Waals surface area contributed by atoms with Gasteiger partial charge in [0.15, 0.2) is 0 Å². The Morgan fingerprint density at radius 1 is 1.43 bits per heavy atom. The predicted octanol–water partition coefficient (Wildman–Crippen LogP) is 4.31. The summed E-state index contributed by atoms with van der Waals surface area (Å²) >= 11 is 2.05. The zero-order valence-corrected chi connectivity index (χ0v) is 13.6. The number of hydrogen-bond donors (Lipinski definition) is 1. The van der Waals surface area contributed by atoms with E-state index in [9.17, 15) is 10.1 Å². The molecule has 0 saturated heterocycles. The summed E-state index contributed by atoms with van der Waals surface area (Å²) in [7, 11) is 0. The van der Waals surface area contributed by atoms with Crippen molar-refractivity contribution in [3.63, 3.8) is 0 Å². The van der Waals surface area contributed by atoms with Crippen molar-refractivity contribution in [3.05, 3.63) is 39.9 Å². The summed E-state index contributed by atoms with van der Waals surface area (Å²) in [5, 5.41) is 15.4. The fourth-order valence-electron chi connectivity index (χ4n) is 3.07. The van der Waals surface area contributed by atoms with E-state index in [1.54, 1.807) is 18.2 Å². The molecule has 4 nitrogen and oxygen atoms in total. The third kappa shape index (κ3) is 4.45. The highest BCUT2D eigenvalue weighted by molar-refractivity contribution is 7.99. The van der Waals surface area contributed by atoms with Gasteiger partial charge in [-0.3, -0.25) is 10.1 Å². The Kier molecular flexibility index (Phi) is 6.06. The fraction of sp³-hybridized carbons (Fsp3) is 0.625. The predicted molar refractivity (Wildman–Crippen MR) is 88.8 cm³/mol. The van der Waals surface area contributed by atoms with Crippen LogP contribution < -0.4 is 5.32 Å². The molecular weight excluding hydrogens is 284 g/mol. The first-order valence-electron chi connectivity index (χ1n) is 7.76. The van der Waals surface area contributed by atoms with Crippen molar-refractivity contribution in [1.29, 1.82) is 0 Å². The number of non-ortho nitro benzene ring substituents is 1. The van der Waals surface area contributed by atoms with E-state index in [0.29, 0.717) is 6.04 Å². The van der Waals surface area contributed by atoms with Gasteiger partial charge in [-0.25, -0.2) is 0 Å². The smallest absolute Gasteiger partial charge is 0.269 e. The molecule has 1 fully saturated rings. The molecule has 1 aliphatic rings. The third-order valence-electron chi connectivity index (χ3n) is 4.12. The van der Waals surface area contributed by atoms with Gasteiger partial charge in [0.05, 0.1) is 4.92 Å². The molecule has 0 aromatic heterocycles. The van der Waals surface area contributed by atoms with Gasteiger partial charge in [0.1, 0.15) is 0 Å². The van der Waals surface area contributed by atoms with E-state index >= 15 is 0 Å². The number of rotatable bonds is 7. The molecule has 1 aromatic rings. The molecule has 3 atom stereocenters. The SMILES string of the molecule is CCSC1CCC(NC(CC)c2cccc([N+](=O)[O-])c2)C1. The molecule has 1 N–H and O–H groups in total. The molecule has 0 aliphatic heterocycles.